The van der Waals surface area contributed by atoms with Gasteiger partial charge < -0.3 is 48.4 Å². The molecule has 15 nitrogen and oxygen atoms in total. The number of aromatic amines is 2. The van der Waals surface area contributed by atoms with E-state index in [1.54, 1.807) is 18.7 Å². The highest BCUT2D eigenvalue weighted by Crippen LogP contribution is 2.19. The topological polar surface area (TPSA) is 251 Å². The van der Waals surface area contributed by atoms with E-state index in [4.69, 9.17) is 17.2 Å². The van der Waals surface area contributed by atoms with Crippen molar-refractivity contribution in [1.29, 1.82) is 0 Å². The maximum Gasteiger partial charge on any atom is 0.243 e. The van der Waals surface area contributed by atoms with Gasteiger partial charge in [0, 0.05) is 54.8 Å². The number of hydrogen-bond acceptors (Lipinski definition) is 7. The van der Waals surface area contributed by atoms with Crippen molar-refractivity contribution in [1.82, 2.24) is 36.2 Å². The monoisotopic (exact) mass is 812 g/mol. The molecule has 12 N–H and O–H groups in total. The Balaban J connectivity index is 1.46. The average molecular weight is 812 g/mol. The molecule has 0 spiro atoms. The van der Waals surface area contributed by atoms with Crippen molar-refractivity contribution in [2.45, 2.75) is 127 Å². The molecule has 0 unspecified atom stereocenters. The highest BCUT2D eigenvalue weighted by atomic mass is 16.2. The number of primary amides is 1. The number of rotatable bonds is 29. The molecule has 4 atom stereocenters. The van der Waals surface area contributed by atoms with Gasteiger partial charge in [0.2, 0.25) is 23.6 Å². The molecule has 4 amide bonds. The molecule has 15 heteroatoms. The summed E-state index contributed by atoms with van der Waals surface area (Å²) in [5.74, 6) is -2.35. The summed E-state index contributed by atoms with van der Waals surface area (Å²) in [5, 5.41) is 12.9. The number of carbonyl (C=O) groups is 4. The SMILES string of the molecule is CCCCCCCCCCCCN[C@@H](Cc1cnc[nH]1)C(=O)N[C@H](Cc1ccccc1)C(=O)N[C@@H](CCCN=C(N)N)C(=O)N[C@@H](Cc1c[nH]c2ccccc12)C(N)=O. The Bertz CT molecular complexity index is 1880. The van der Waals surface area contributed by atoms with Crippen LogP contribution in [0.3, 0.4) is 0 Å². The largest absolute Gasteiger partial charge is 0.370 e. The summed E-state index contributed by atoms with van der Waals surface area (Å²) in [6.45, 7) is 3.08. The first kappa shape index (κ1) is 46.0. The number of benzene rings is 2. The predicted molar refractivity (Wildman–Crippen MR) is 233 cm³/mol. The van der Waals surface area contributed by atoms with Gasteiger partial charge >= 0.3 is 0 Å². The van der Waals surface area contributed by atoms with Gasteiger partial charge in [-0.1, -0.05) is 113 Å². The number of nitrogens with zero attached hydrogens (tertiary/aromatic N) is 2. The zero-order valence-electron chi connectivity index (χ0n) is 34.5. The standard InChI is InChI=1S/C44H65N11O4/c1-2-3-4-5-6-7-8-9-10-16-23-49-38(27-33-29-48-30-52-33)42(58)55-39(25-31-18-12-11-13-19-31)43(59)53-36(22-17-24-50-44(46)47)41(57)54-37(40(45)56)26-32-28-51-35-21-15-14-20-34(32)35/h11-15,18-21,28-30,36-39,49,51H,2-10,16-17,22-27H2,1H3,(H2,45,56)(H,48,52)(H,53,59)(H,54,57)(H,55,58)(H4,46,47,50)/t36-,37-,38-,39+/m0/s1. The number of aliphatic imine (C=N–C) groups is 1. The normalized spacial score (nSPS) is 13.2. The number of hydrogen-bond donors (Lipinski definition) is 9. The van der Waals surface area contributed by atoms with Crippen LogP contribution >= 0.6 is 0 Å². The molecule has 0 fully saturated rings. The average Bonchev–Trinajstić information content (AvgIpc) is 3.90. The van der Waals surface area contributed by atoms with Crippen LogP contribution < -0.4 is 38.5 Å². The molecular formula is C44H65N11O4. The van der Waals surface area contributed by atoms with Gasteiger partial charge in [-0.2, -0.15) is 0 Å². The van der Waals surface area contributed by atoms with Crippen LogP contribution in [0.25, 0.3) is 10.9 Å². The Morgan fingerprint density at radius 1 is 0.678 bits per heavy atom. The lowest BCUT2D eigenvalue weighted by Crippen LogP contribution is -2.58. The zero-order chi connectivity index (χ0) is 42.2. The quantitative estimate of drug-likeness (QED) is 0.0221. The van der Waals surface area contributed by atoms with Crippen LogP contribution in [0.5, 0.6) is 0 Å². The molecule has 0 radical (unpaired) electrons. The second-order valence-electron chi connectivity index (χ2n) is 15.3. The lowest BCUT2D eigenvalue weighted by Gasteiger charge is -2.26. The molecule has 0 saturated heterocycles. The molecule has 2 aromatic carbocycles. The number of H-pyrrole nitrogens is 2. The molecule has 4 aromatic rings. The van der Waals surface area contributed by atoms with Crippen LogP contribution in [-0.2, 0) is 38.4 Å². The second kappa shape index (κ2) is 25.6. The Morgan fingerprint density at radius 2 is 1.31 bits per heavy atom. The fraction of sp³-hybridized carbons (Fsp3) is 0.500. The van der Waals surface area contributed by atoms with Crippen molar-refractivity contribution < 1.29 is 19.2 Å². The van der Waals surface area contributed by atoms with Gasteiger partial charge in [0.25, 0.3) is 0 Å². The maximum atomic E-state index is 14.3. The van der Waals surface area contributed by atoms with E-state index in [2.05, 4.69) is 48.1 Å². The molecule has 0 saturated carbocycles. The van der Waals surface area contributed by atoms with Gasteiger partial charge in [-0.25, -0.2) is 4.98 Å². The van der Waals surface area contributed by atoms with E-state index in [9.17, 15) is 19.2 Å². The Labute approximate surface area is 347 Å². The molecule has 0 aliphatic rings. The van der Waals surface area contributed by atoms with E-state index in [0.717, 1.165) is 47.0 Å². The fourth-order valence-corrected chi connectivity index (χ4v) is 7.15. The highest BCUT2D eigenvalue weighted by Gasteiger charge is 2.31. The van der Waals surface area contributed by atoms with Crippen molar-refractivity contribution in [2.75, 3.05) is 13.1 Å². The molecule has 2 aromatic heterocycles. The van der Waals surface area contributed by atoms with Gasteiger partial charge in [0.15, 0.2) is 5.96 Å². The number of aromatic nitrogens is 3. The first-order valence-corrected chi connectivity index (χ1v) is 21.2. The lowest BCUT2D eigenvalue weighted by atomic mass is 10.0. The van der Waals surface area contributed by atoms with Gasteiger partial charge in [0.1, 0.15) is 18.1 Å². The number of imidazole rings is 1. The zero-order valence-corrected chi connectivity index (χ0v) is 34.5. The van der Waals surface area contributed by atoms with E-state index in [0.29, 0.717) is 19.4 Å². The predicted octanol–water partition coefficient (Wildman–Crippen LogP) is 3.79. The molecule has 4 rings (SSSR count). The summed E-state index contributed by atoms with van der Waals surface area (Å²) in [6, 6.07) is 13.1. The van der Waals surface area contributed by atoms with Crippen molar-refractivity contribution >= 4 is 40.5 Å². The molecule has 0 aliphatic carbocycles. The van der Waals surface area contributed by atoms with E-state index in [1.165, 1.54) is 44.9 Å². The number of fused-ring (bicyclic) bond motifs is 1. The Hall–Kier alpha value is -5.70. The fourth-order valence-electron chi connectivity index (χ4n) is 7.15. The Morgan fingerprint density at radius 3 is 1.98 bits per heavy atom. The van der Waals surface area contributed by atoms with Crippen LogP contribution in [0.2, 0.25) is 0 Å². The van der Waals surface area contributed by atoms with E-state index in [-0.39, 0.29) is 37.7 Å². The van der Waals surface area contributed by atoms with Crippen molar-refractivity contribution in [3.8, 4) is 0 Å². The summed E-state index contributed by atoms with van der Waals surface area (Å²) in [6.07, 6.45) is 18.2. The number of unbranched alkanes of at least 4 members (excludes halogenated alkanes) is 9. The third-order valence-corrected chi connectivity index (χ3v) is 10.5. The van der Waals surface area contributed by atoms with Gasteiger partial charge in [-0.15, -0.1) is 0 Å². The smallest absolute Gasteiger partial charge is 0.243 e. The van der Waals surface area contributed by atoms with Gasteiger partial charge in [-0.05, 0) is 43.0 Å². The minimum absolute atomic E-state index is 0.0975. The number of nitrogens with two attached hydrogens (primary N) is 3. The van der Waals surface area contributed by atoms with E-state index >= 15 is 0 Å². The number of guanidine groups is 1. The summed E-state index contributed by atoms with van der Waals surface area (Å²) in [5.41, 5.74) is 20.1. The highest BCUT2D eigenvalue weighted by molar-refractivity contribution is 5.95. The molecule has 59 heavy (non-hydrogen) atoms. The van der Waals surface area contributed by atoms with Crippen LogP contribution in [0.4, 0.5) is 0 Å². The van der Waals surface area contributed by atoms with Crippen molar-refractivity contribution in [3.05, 3.63) is 90.1 Å². The van der Waals surface area contributed by atoms with Gasteiger partial charge in [-0.3, -0.25) is 24.2 Å². The third kappa shape index (κ3) is 16.6. The van der Waals surface area contributed by atoms with E-state index in [1.807, 2.05) is 54.6 Å². The van der Waals surface area contributed by atoms with Crippen LogP contribution in [0.15, 0.2) is 78.3 Å². The molecule has 0 aliphatic heterocycles. The number of nitrogens with one attached hydrogen (secondary N) is 6. The first-order chi connectivity index (χ1) is 28.6. The van der Waals surface area contributed by atoms with Gasteiger partial charge in [0.05, 0.1) is 12.4 Å². The summed E-state index contributed by atoms with van der Waals surface area (Å²) in [7, 11) is 0. The number of para-hydroxylation sites is 1. The molecule has 2 heterocycles. The summed E-state index contributed by atoms with van der Waals surface area (Å²) in [4.78, 5) is 69.4. The van der Waals surface area contributed by atoms with E-state index < -0.39 is 41.9 Å². The summed E-state index contributed by atoms with van der Waals surface area (Å²) < 4.78 is 0. The van der Waals surface area contributed by atoms with Crippen LogP contribution in [0, 0.1) is 0 Å². The van der Waals surface area contributed by atoms with Crippen LogP contribution in [-0.4, -0.2) is 81.8 Å². The first-order valence-electron chi connectivity index (χ1n) is 21.2. The minimum atomic E-state index is -1.10. The molecule has 0 bridgehead atoms. The second-order valence-corrected chi connectivity index (χ2v) is 15.3. The molecular weight excluding hydrogens is 747 g/mol. The molecule has 320 valence electrons. The third-order valence-electron chi connectivity index (χ3n) is 10.5. The minimum Gasteiger partial charge on any atom is -0.370 e. The van der Waals surface area contributed by atoms with Crippen LogP contribution in [0.1, 0.15) is 101 Å². The van der Waals surface area contributed by atoms with Crippen molar-refractivity contribution in [2.24, 2.45) is 22.2 Å². The lowest BCUT2D eigenvalue weighted by molar-refractivity contribution is -0.133. The maximum absolute atomic E-state index is 14.3. The summed E-state index contributed by atoms with van der Waals surface area (Å²) >= 11 is 0. The van der Waals surface area contributed by atoms with Crippen molar-refractivity contribution in [3.63, 3.8) is 0 Å². The number of amides is 4. The number of carbonyl (C=O) groups excluding carboxylic acids is 4. The Kier molecular flexibility index (Phi) is 20.0.